The molecule has 0 radical (unpaired) electrons. The van der Waals surface area contributed by atoms with Crippen LogP contribution in [0, 0.1) is 5.82 Å². The van der Waals surface area contributed by atoms with Crippen molar-refractivity contribution in [1.82, 2.24) is 0 Å². The van der Waals surface area contributed by atoms with Crippen LogP contribution in [0.15, 0.2) is 18.2 Å². The standard InChI is InChI=1S/C10H15FN2O/c1-13(2)10-4-3-9(11)7-8(10)5-6-14-12/h3-4,7H,5-6,12H2,1-2H3. The molecule has 0 fully saturated rings. The Bertz CT molecular complexity index is 302. The molecule has 0 aromatic heterocycles. The van der Waals surface area contributed by atoms with Crippen LogP contribution in [-0.4, -0.2) is 20.7 Å². The zero-order valence-corrected chi connectivity index (χ0v) is 8.46. The molecule has 0 spiro atoms. The minimum Gasteiger partial charge on any atom is -0.377 e. The van der Waals surface area contributed by atoms with Crippen LogP contribution in [0.5, 0.6) is 0 Å². The number of benzene rings is 1. The summed E-state index contributed by atoms with van der Waals surface area (Å²) >= 11 is 0. The number of hydrogen-bond acceptors (Lipinski definition) is 3. The first-order valence-corrected chi connectivity index (χ1v) is 4.42. The highest BCUT2D eigenvalue weighted by atomic mass is 19.1. The number of halogens is 1. The second-order valence-electron chi connectivity index (χ2n) is 3.29. The first kappa shape index (κ1) is 10.9. The van der Waals surface area contributed by atoms with Crippen LogP contribution in [0.3, 0.4) is 0 Å². The summed E-state index contributed by atoms with van der Waals surface area (Å²) in [7, 11) is 3.83. The Morgan fingerprint density at radius 2 is 2.14 bits per heavy atom. The molecule has 0 amide bonds. The molecule has 1 aromatic rings. The van der Waals surface area contributed by atoms with Gasteiger partial charge in [-0.3, -0.25) is 0 Å². The predicted molar refractivity (Wildman–Crippen MR) is 54.6 cm³/mol. The Morgan fingerprint density at radius 3 is 2.71 bits per heavy atom. The molecule has 14 heavy (non-hydrogen) atoms. The van der Waals surface area contributed by atoms with Gasteiger partial charge in [0, 0.05) is 19.8 Å². The fraction of sp³-hybridized carbons (Fsp3) is 0.400. The van der Waals surface area contributed by atoms with E-state index in [1.165, 1.54) is 12.1 Å². The highest BCUT2D eigenvalue weighted by molar-refractivity contribution is 5.52. The van der Waals surface area contributed by atoms with E-state index in [4.69, 9.17) is 5.90 Å². The largest absolute Gasteiger partial charge is 0.377 e. The molecule has 0 atom stereocenters. The lowest BCUT2D eigenvalue weighted by Crippen LogP contribution is -2.13. The molecule has 0 aliphatic heterocycles. The molecular weight excluding hydrogens is 183 g/mol. The average Bonchev–Trinajstić information content (AvgIpc) is 2.14. The van der Waals surface area contributed by atoms with Crippen molar-refractivity contribution in [1.29, 1.82) is 0 Å². The van der Waals surface area contributed by atoms with Crippen LogP contribution in [0.1, 0.15) is 5.56 Å². The maximum absolute atomic E-state index is 12.9. The summed E-state index contributed by atoms with van der Waals surface area (Å²) < 4.78 is 12.9. The van der Waals surface area contributed by atoms with Crippen molar-refractivity contribution in [3.63, 3.8) is 0 Å². The molecule has 1 aromatic carbocycles. The van der Waals surface area contributed by atoms with Gasteiger partial charge >= 0.3 is 0 Å². The van der Waals surface area contributed by atoms with Gasteiger partial charge in [-0.05, 0) is 30.2 Å². The van der Waals surface area contributed by atoms with Crippen molar-refractivity contribution in [3.05, 3.63) is 29.6 Å². The van der Waals surface area contributed by atoms with Gasteiger partial charge in [-0.1, -0.05) is 0 Å². The summed E-state index contributed by atoms with van der Waals surface area (Å²) in [5.74, 6) is 4.70. The number of anilines is 1. The molecule has 2 N–H and O–H groups in total. The Labute approximate surface area is 83.2 Å². The van der Waals surface area contributed by atoms with Crippen molar-refractivity contribution in [2.45, 2.75) is 6.42 Å². The van der Waals surface area contributed by atoms with E-state index >= 15 is 0 Å². The molecule has 1 rings (SSSR count). The maximum Gasteiger partial charge on any atom is 0.123 e. The van der Waals surface area contributed by atoms with Crippen molar-refractivity contribution < 1.29 is 9.23 Å². The van der Waals surface area contributed by atoms with Gasteiger partial charge in [0.05, 0.1) is 6.61 Å². The highest BCUT2D eigenvalue weighted by Gasteiger charge is 2.05. The molecule has 0 heterocycles. The highest BCUT2D eigenvalue weighted by Crippen LogP contribution is 2.20. The number of hydrogen-bond donors (Lipinski definition) is 1. The summed E-state index contributed by atoms with van der Waals surface area (Å²) in [4.78, 5) is 6.42. The van der Waals surface area contributed by atoms with Crippen LogP contribution < -0.4 is 10.8 Å². The van der Waals surface area contributed by atoms with Crippen LogP contribution >= 0.6 is 0 Å². The quantitative estimate of drug-likeness (QED) is 0.742. The first-order valence-electron chi connectivity index (χ1n) is 4.42. The third kappa shape index (κ3) is 2.68. The smallest absolute Gasteiger partial charge is 0.123 e. The van der Waals surface area contributed by atoms with Gasteiger partial charge in [0.1, 0.15) is 5.82 Å². The Kier molecular flexibility index (Phi) is 3.85. The molecule has 0 unspecified atom stereocenters. The zero-order chi connectivity index (χ0) is 10.6. The van der Waals surface area contributed by atoms with E-state index in [-0.39, 0.29) is 5.82 Å². The van der Waals surface area contributed by atoms with E-state index in [1.807, 2.05) is 19.0 Å². The fourth-order valence-corrected chi connectivity index (χ4v) is 1.36. The van der Waals surface area contributed by atoms with E-state index in [0.29, 0.717) is 13.0 Å². The minimum absolute atomic E-state index is 0.234. The van der Waals surface area contributed by atoms with Gasteiger partial charge in [0.15, 0.2) is 0 Å². The second-order valence-corrected chi connectivity index (χ2v) is 3.29. The van der Waals surface area contributed by atoms with Crippen LogP contribution in [0.2, 0.25) is 0 Å². The number of rotatable bonds is 4. The number of nitrogens with zero attached hydrogens (tertiary/aromatic N) is 1. The van der Waals surface area contributed by atoms with E-state index in [9.17, 15) is 4.39 Å². The topological polar surface area (TPSA) is 38.5 Å². The Hall–Kier alpha value is -1.13. The van der Waals surface area contributed by atoms with Gasteiger partial charge in [-0.15, -0.1) is 0 Å². The van der Waals surface area contributed by atoms with Crippen molar-refractivity contribution >= 4 is 5.69 Å². The molecule has 0 saturated carbocycles. The predicted octanol–water partition coefficient (Wildman–Crippen LogP) is 1.32. The van der Waals surface area contributed by atoms with E-state index in [0.717, 1.165) is 11.3 Å². The Morgan fingerprint density at radius 1 is 1.43 bits per heavy atom. The normalized spacial score (nSPS) is 10.3. The SMILES string of the molecule is CN(C)c1ccc(F)cc1CCON. The van der Waals surface area contributed by atoms with Crippen LogP contribution in [0.25, 0.3) is 0 Å². The van der Waals surface area contributed by atoms with E-state index in [1.54, 1.807) is 6.07 Å². The summed E-state index contributed by atoms with van der Waals surface area (Å²) in [5.41, 5.74) is 1.89. The van der Waals surface area contributed by atoms with Gasteiger partial charge in [0.2, 0.25) is 0 Å². The molecule has 78 valence electrons. The minimum atomic E-state index is -0.234. The van der Waals surface area contributed by atoms with Crippen molar-refractivity contribution in [2.75, 3.05) is 25.6 Å². The van der Waals surface area contributed by atoms with Gasteiger partial charge < -0.3 is 9.74 Å². The second kappa shape index (κ2) is 4.93. The molecule has 0 saturated heterocycles. The molecule has 0 bridgehead atoms. The maximum atomic E-state index is 12.9. The van der Waals surface area contributed by atoms with Gasteiger partial charge in [-0.25, -0.2) is 10.3 Å². The Balaban J connectivity index is 2.91. The lowest BCUT2D eigenvalue weighted by atomic mass is 10.1. The molecule has 3 nitrogen and oxygen atoms in total. The first-order chi connectivity index (χ1) is 6.65. The zero-order valence-electron chi connectivity index (χ0n) is 8.46. The van der Waals surface area contributed by atoms with Gasteiger partial charge in [-0.2, -0.15) is 0 Å². The van der Waals surface area contributed by atoms with Crippen LogP contribution in [0.4, 0.5) is 10.1 Å². The van der Waals surface area contributed by atoms with E-state index in [2.05, 4.69) is 4.84 Å². The monoisotopic (exact) mass is 198 g/mol. The third-order valence-corrected chi connectivity index (χ3v) is 2.01. The third-order valence-electron chi connectivity index (χ3n) is 2.01. The van der Waals surface area contributed by atoms with Crippen molar-refractivity contribution in [2.24, 2.45) is 5.90 Å². The molecular formula is C10H15FN2O. The van der Waals surface area contributed by atoms with Crippen molar-refractivity contribution in [3.8, 4) is 0 Å². The summed E-state index contributed by atoms with van der Waals surface area (Å²) in [6, 6.07) is 4.71. The molecule has 0 aliphatic carbocycles. The van der Waals surface area contributed by atoms with Crippen LogP contribution in [-0.2, 0) is 11.3 Å². The lowest BCUT2D eigenvalue weighted by Gasteiger charge is -2.17. The fourth-order valence-electron chi connectivity index (χ4n) is 1.36. The lowest BCUT2D eigenvalue weighted by molar-refractivity contribution is 0.141. The van der Waals surface area contributed by atoms with E-state index < -0.39 is 0 Å². The molecule has 4 heteroatoms. The summed E-state index contributed by atoms with van der Waals surface area (Å²) in [6.45, 7) is 0.393. The number of nitrogens with two attached hydrogens (primary N) is 1. The summed E-state index contributed by atoms with van der Waals surface area (Å²) in [5, 5.41) is 0. The molecule has 0 aliphatic rings. The van der Waals surface area contributed by atoms with Gasteiger partial charge in [0.25, 0.3) is 0 Å². The summed E-state index contributed by atoms with van der Waals surface area (Å²) in [6.07, 6.45) is 0.613. The average molecular weight is 198 g/mol.